The minimum Gasteiger partial charge on any atom is -0.350 e. The second-order valence-corrected chi connectivity index (χ2v) is 8.04. The molecule has 5 heteroatoms. The predicted molar refractivity (Wildman–Crippen MR) is 111 cm³/mol. The lowest BCUT2D eigenvalue weighted by Gasteiger charge is -2.19. The Labute approximate surface area is 164 Å². The third-order valence-corrected chi connectivity index (χ3v) is 5.94. The van der Waals surface area contributed by atoms with Crippen molar-refractivity contribution < 1.29 is 9.18 Å². The highest BCUT2D eigenvalue weighted by atomic mass is 19.1. The number of anilines is 1. The van der Waals surface area contributed by atoms with Crippen LogP contribution in [0.15, 0.2) is 42.5 Å². The van der Waals surface area contributed by atoms with Crippen LogP contribution >= 0.6 is 0 Å². The van der Waals surface area contributed by atoms with Gasteiger partial charge in [-0.2, -0.15) is 0 Å². The molecule has 1 saturated carbocycles. The molecular weight excluding hydrogens is 353 g/mol. The molecule has 2 aromatic carbocycles. The van der Waals surface area contributed by atoms with Gasteiger partial charge in [-0.3, -0.25) is 4.79 Å². The summed E-state index contributed by atoms with van der Waals surface area (Å²) in [5, 5.41) is 3.40. The van der Waals surface area contributed by atoms with Crippen LogP contribution in [0.25, 0.3) is 10.9 Å². The smallest absolute Gasteiger partial charge is 0.272 e. The standard InChI is InChI=1S/C23H26FN3O/c1-14-7-10-20(24)19-13-21(26-22(14)19)23(28)25-17-6-4-5-15(11-17)16-8-9-18(12-16)27(2)3/h4-7,10-11,13,16,18,26H,8-9,12H2,1-3H3,(H,25,28)/t16-,18+/m1/s1. The van der Waals surface area contributed by atoms with E-state index in [4.69, 9.17) is 0 Å². The highest BCUT2D eigenvalue weighted by molar-refractivity contribution is 6.06. The quantitative estimate of drug-likeness (QED) is 0.665. The van der Waals surface area contributed by atoms with Gasteiger partial charge in [0.25, 0.3) is 5.91 Å². The van der Waals surface area contributed by atoms with E-state index in [0.717, 1.165) is 17.7 Å². The van der Waals surface area contributed by atoms with Gasteiger partial charge in [0, 0.05) is 17.1 Å². The van der Waals surface area contributed by atoms with Crippen molar-refractivity contribution in [1.82, 2.24) is 9.88 Å². The molecule has 0 radical (unpaired) electrons. The predicted octanol–water partition coefficient (Wildman–Crippen LogP) is 5.07. The number of fused-ring (bicyclic) bond motifs is 1. The summed E-state index contributed by atoms with van der Waals surface area (Å²) >= 11 is 0. The monoisotopic (exact) mass is 379 g/mol. The Morgan fingerprint density at radius 3 is 2.71 bits per heavy atom. The zero-order valence-electron chi connectivity index (χ0n) is 16.6. The Morgan fingerprint density at radius 1 is 1.18 bits per heavy atom. The Bertz CT molecular complexity index is 985. The molecule has 0 saturated heterocycles. The number of nitrogens with zero attached hydrogens (tertiary/aromatic N) is 1. The van der Waals surface area contributed by atoms with Crippen LogP contribution in [0.3, 0.4) is 0 Å². The van der Waals surface area contributed by atoms with Crippen LogP contribution in [0.5, 0.6) is 0 Å². The molecule has 1 aliphatic carbocycles. The largest absolute Gasteiger partial charge is 0.350 e. The molecule has 2 atom stereocenters. The number of hydrogen-bond donors (Lipinski definition) is 2. The van der Waals surface area contributed by atoms with Gasteiger partial charge in [-0.05, 0) is 81.6 Å². The molecule has 4 nitrogen and oxygen atoms in total. The van der Waals surface area contributed by atoms with Crippen LogP contribution in [0.1, 0.15) is 46.8 Å². The minimum atomic E-state index is -0.324. The topological polar surface area (TPSA) is 48.1 Å². The third kappa shape index (κ3) is 3.54. The van der Waals surface area contributed by atoms with Crippen LogP contribution in [0.4, 0.5) is 10.1 Å². The molecule has 2 N–H and O–H groups in total. The Hall–Kier alpha value is -2.66. The number of amides is 1. The van der Waals surface area contributed by atoms with Crippen LogP contribution in [0, 0.1) is 12.7 Å². The molecule has 1 heterocycles. The van der Waals surface area contributed by atoms with Crippen molar-refractivity contribution >= 4 is 22.5 Å². The number of carbonyl (C=O) groups excluding carboxylic acids is 1. The summed E-state index contributed by atoms with van der Waals surface area (Å²) in [6.07, 6.45) is 3.51. The van der Waals surface area contributed by atoms with Crippen molar-refractivity contribution in [3.05, 3.63) is 65.1 Å². The maximum atomic E-state index is 14.0. The van der Waals surface area contributed by atoms with E-state index < -0.39 is 0 Å². The average molecular weight is 379 g/mol. The van der Waals surface area contributed by atoms with E-state index in [-0.39, 0.29) is 11.7 Å². The van der Waals surface area contributed by atoms with E-state index >= 15 is 0 Å². The lowest BCUT2D eigenvalue weighted by atomic mass is 9.97. The first-order valence-corrected chi connectivity index (χ1v) is 9.78. The molecule has 4 rings (SSSR count). The first-order chi connectivity index (χ1) is 13.4. The first-order valence-electron chi connectivity index (χ1n) is 9.78. The van der Waals surface area contributed by atoms with Gasteiger partial charge in [-0.25, -0.2) is 4.39 Å². The molecule has 0 bridgehead atoms. The van der Waals surface area contributed by atoms with E-state index in [1.807, 2.05) is 19.1 Å². The number of rotatable bonds is 4. The number of benzene rings is 2. The fourth-order valence-electron chi connectivity index (χ4n) is 4.25. The highest BCUT2D eigenvalue weighted by Crippen LogP contribution is 2.37. The fraction of sp³-hybridized carbons (Fsp3) is 0.348. The number of aromatic amines is 1. The molecule has 0 aliphatic heterocycles. The lowest BCUT2D eigenvalue weighted by molar-refractivity contribution is 0.102. The molecule has 1 aromatic heterocycles. The highest BCUT2D eigenvalue weighted by Gasteiger charge is 2.27. The Morgan fingerprint density at radius 2 is 2.00 bits per heavy atom. The second kappa shape index (κ2) is 7.40. The summed E-state index contributed by atoms with van der Waals surface area (Å²) in [7, 11) is 4.27. The summed E-state index contributed by atoms with van der Waals surface area (Å²) in [6.45, 7) is 1.89. The van der Waals surface area contributed by atoms with E-state index in [9.17, 15) is 9.18 Å². The summed E-state index contributed by atoms with van der Waals surface area (Å²) < 4.78 is 14.0. The number of halogens is 1. The van der Waals surface area contributed by atoms with Crippen molar-refractivity contribution in [3.63, 3.8) is 0 Å². The number of nitrogens with one attached hydrogen (secondary N) is 2. The normalized spacial score (nSPS) is 19.5. The van der Waals surface area contributed by atoms with E-state index in [1.54, 1.807) is 12.1 Å². The van der Waals surface area contributed by atoms with Gasteiger partial charge in [0.15, 0.2) is 0 Å². The molecule has 1 aliphatic rings. The van der Waals surface area contributed by atoms with Gasteiger partial charge < -0.3 is 15.2 Å². The summed E-state index contributed by atoms with van der Waals surface area (Å²) in [6, 6.07) is 13.4. The van der Waals surface area contributed by atoms with Crippen LogP contribution in [0.2, 0.25) is 0 Å². The lowest BCUT2D eigenvalue weighted by Crippen LogP contribution is -2.24. The van der Waals surface area contributed by atoms with E-state index in [2.05, 4.69) is 41.4 Å². The summed E-state index contributed by atoms with van der Waals surface area (Å²) in [4.78, 5) is 18.1. The van der Waals surface area contributed by atoms with Crippen molar-refractivity contribution in [2.45, 2.75) is 38.1 Å². The summed E-state index contributed by atoms with van der Waals surface area (Å²) in [5.41, 5.74) is 3.98. The number of aryl methyl sites for hydroxylation is 1. The molecule has 0 unspecified atom stereocenters. The van der Waals surface area contributed by atoms with Gasteiger partial charge in [-0.1, -0.05) is 18.2 Å². The molecule has 3 aromatic rings. The van der Waals surface area contributed by atoms with E-state index in [1.165, 1.54) is 24.5 Å². The van der Waals surface area contributed by atoms with Gasteiger partial charge in [0.2, 0.25) is 0 Å². The van der Waals surface area contributed by atoms with Crippen molar-refractivity contribution in [2.75, 3.05) is 19.4 Å². The Balaban J connectivity index is 1.53. The van der Waals surface area contributed by atoms with Crippen LogP contribution < -0.4 is 5.32 Å². The zero-order chi connectivity index (χ0) is 19.8. The van der Waals surface area contributed by atoms with Crippen molar-refractivity contribution in [2.24, 2.45) is 0 Å². The van der Waals surface area contributed by atoms with Crippen LogP contribution in [-0.2, 0) is 0 Å². The van der Waals surface area contributed by atoms with Crippen LogP contribution in [-0.4, -0.2) is 35.9 Å². The van der Waals surface area contributed by atoms with Crippen molar-refractivity contribution in [1.29, 1.82) is 0 Å². The van der Waals surface area contributed by atoms with Gasteiger partial charge in [0.05, 0.1) is 5.52 Å². The number of aromatic nitrogens is 1. The molecule has 1 amide bonds. The molecule has 0 spiro atoms. The van der Waals surface area contributed by atoms with Crippen molar-refractivity contribution in [3.8, 4) is 0 Å². The molecule has 146 valence electrons. The number of H-pyrrole nitrogens is 1. The zero-order valence-corrected chi connectivity index (χ0v) is 16.6. The number of hydrogen-bond acceptors (Lipinski definition) is 2. The second-order valence-electron chi connectivity index (χ2n) is 8.04. The molecule has 28 heavy (non-hydrogen) atoms. The third-order valence-electron chi connectivity index (χ3n) is 5.94. The summed E-state index contributed by atoms with van der Waals surface area (Å²) in [5.74, 6) is -0.0617. The fourth-order valence-corrected chi connectivity index (χ4v) is 4.25. The maximum Gasteiger partial charge on any atom is 0.272 e. The SMILES string of the molecule is Cc1ccc(F)c2cc(C(=O)Nc3cccc([C@@H]4CC[C@H](N(C)C)C4)c3)[nH]c12. The molecule has 1 fully saturated rings. The molecular formula is C23H26FN3O. The maximum absolute atomic E-state index is 14.0. The van der Waals surface area contributed by atoms with Gasteiger partial charge >= 0.3 is 0 Å². The average Bonchev–Trinajstić information content (AvgIpc) is 3.33. The Kier molecular flexibility index (Phi) is 4.94. The first kappa shape index (κ1) is 18.7. The van der Waals surface area contributed by atoms with Gasteiger partial charge in [0.1, 0.15) is 11.5 Å². The van der Waals surface area contributed by atoms with E-state index in [0.29, 0.717) is 28.6 Å². The van der Waals surface area contributed by atoms with Gasteiger partial charge in [-0.15, -0.1) is 0 Å². The number of carbonyl (C=O) groups is 1. The minimum absolute atomic E-state index is 0.260.